The minimum Gasteiger partial charge on any atom is -0.378 e. The highest BCUT2D eigenvalue weighted by molar-refractivity contribution is 8.02. The maximum absolute atomic E-state index is 12.6. The van der Waals surface area contributed by atoms with Gasteiger partial charge in [0.25, 0.3) is 5.56 Å². The Morgan fingerprint density at radius 1 is 1.44 bits per heavy atom. The molecule has 0 fully saturated rings. The van der Waals surface area contributed by atoms with Gasteiger partial charge in [-0.1, -0.05) is 45.6 Å². The average Bonchev–Trinajstić information content (AvgIpc) is 2.90. The van der Waals surface area contributed by atoms with Crippen LogP contribution in [-0.4, -0.2) is 46.8 Å². The molecule has 1 aliphatic heterocycles. The summed E-state index contributed by atoms with van der Waals surface area (Å²) >= 11 is 3.25. The number of allylic oxidation sites excluding steroid dienone is 5. The van der Waals surface area contributed by atoms with Crippen LogP contribution in [0, 0.1) is 0 Å². The normalized spacial score (nSPS) is 18.8. The molecule has 2 rings (SSSR count). The second-order valence-electron chi connectivity index (χ2n) is 6.57. The lowest BCUT2D eigenvalue weighted by Gasteiger charge is -2.11. The van der Waals surface area contributed by atoms with Crippen molar-refractivity contribution in [2.24, 2.45) is 4.99 Å². The summed E-state index contributed by atoms with van der Waals surface area (Å²) in [6, 6.07) is 0. The van der Waals surface area contributed by atoms with Crippen molar-refractivity contribution in [3.63, 3.8) is 0 Å². The van der Waals surface area contributed by atoms with Gasteiger partial charge in [-0.05, 0) is 50.3 Å². The van der Waals surface area contributed by atoms with E-state index in [4.69, 9.17) is 0 Å². The molecule has 32 heavy (non-hydrogen) atoms. The maximum Gasteiger partial charge on any atom is 0.271 e. The third-order valence-corrected chi connectivity index (χ3v) is 5.91. The molecule has 0 N–H and O–H groups in total. The largest absolute Gasteiger partial charge is 0.378 e. The lowest BCUT2D eigenvalue weighted by Crippen LogP contribution is -2.22. The Morgan fingerprint density at radius 3 is 2.69 bits per heavy atom. The van der Waals surface area contributed by atoms with Crippen LogP contribution in [0.5, 0.6) is 0 Å². The lowest BCUT2D eigenvalue weighted by molar-refractivity contribution is 0.532. The molecule has 0 spiro atoms. The molecule has 7 heteroatoms. The number of likely N-dealkylation sites (N-methyl/N-ethyl adjacent to an activating group) is 1. The number of thioether (sulfide) groups is 2. The van der Waals surface area contributed by atoms with E-state index < -0.39 is 0 Å². The molecule has 1 unspecified atom stereocenters. The van der Waals surface area contributed by atoms with Crippen LogP contribution < -0.4 is 5.56 Å². The Labute approximate surface area is 202 Å². The summed E-state index contributed by atoms with van der Waals surface area (Å²) < 4.78 is 1.65. The van der Waals surface area contributed by atoms with Gasteiger partial charge in [-0.3, -0.25) is 14.4 Å². The molecule has 0 bridgehead atoms. The first kappa shape index (κ1) is 29.8. The van der Waals surface area contributed by atoms with Gasteiger partial charge in [-0.25, -0.2) is 4.98 Å². The Hall–Kier alpha value is -2.25. The summed E-state index contributed by atoms with van der Waals surface area (Å²) in [6.07, 6.45) is 16.9. The van der Waals surface area contributed by atoms with Crippen LogP contribution in [-0.2, 0) is 6.42 Å². The van der Waals surface area contributed by atoms with Gasteiger partial charge in [0.2, 0.25) is 0 Å². The van der Waals surface area contributed by atoms with Crippen molar-refractivity contribution in [1.82, 2.24) is 14.5 Å². The summed E-state index contributed by atoms with van der Waals surface area (Å²) in [7, 11) is 3.85. The van der Waals surface area contributed by atoms with Crippen LogP contribution in [0.3, 0.4) is 0 Å². The van der Waals surface area contributed by atoms with Gasteiger partial charge in [0, 0.05) is 36.9 Å². The van der Waals surface area contributed by atoms with E-state index in [0.717, 1.165) is 34.8 Å². The molecule has 1 atom stereocenters. The third-order valence-electron chi connectivity index (χ3n) is 4.16. The molecule has 0 saturated heterocycles. The zero-order valence-corrected chi connectivity index (χ0v) is 22.2. The molecular weight excluding hydrogens is 436 g/mol. The van der Waals surface area contributed by atoms with E-state index in [1.807, 2.05) is 52.1 Å². The van der Waals surface area contributed by atoms with E-state index in [-0.39, 0.29) is 5.56 Å². The van der Waals surface area contributed by atoms with Crippen LogP contribution in [0.15, 0.2) is 75.3 Å². The predicted molar refractivity (Wildman–Crippen MR) is 147 cm³/mol. The number of nitrogens with zero attached hydrogens (tertiary/aromatic N) is 4. The van der Waals surface area contributed by atoms with Crippen LogP contribution in [0.4, 0.5) is 0 Å². The van der Waals surface area contributed by atoms with Gasteiger partial charge in [0.1, 0.15) is 6.33 Å². The Bertz CT molecular complexity index is 896. The number of aliphatic imine (C=N–C) groups is 1. The molecule has 0 aromatic carbocycles. The number of hydrogen-bond acceptors (Lipinski definition) is 6. The highest BCUT2D eigenvalue weighted by Crippen LogP contribution is 2.19. The highest BCUT2D eigenvalue weighted by atomic mass is 32.2. The molecule has 2 heterocycles. The first-order valence-corrected chi connectivity index (χ1v) is 12.8. The van der Waals surface area contributed by atoms with Crippen LogP contribution in [0.25, 0.3) is 5.70 Å². The Balaban J connectivity index is 0.000000738. The highest BCUT2D eigenvalue weighted by Gasteiger charge is 2.11. The summed E-state index contributed by atoms with van der Waals surface area (Å²) in [5.74, 6) is 0. The molecule has 0 radical (unpaired) electrons. The van der Waals surface area contributed by atoms with Gasteiger partial charge >= 0.3 is 0 Å². The summed E-state index contributed by atoms with van der Waals surface area (Å²) in [6.45, 7) is 15.2. The van der Waals surface area contributed by atoms with E-state index in [0.29, 0.717) is 5.25 Å². The van der Waals surface area contributed by atoms with E-state index in [2.05, 4.69) is 53.8 Å². The topological polar surface area (TPSA) is 50.5 Å². The van der Waals surface area contributed by atoms with Crippen LogP contribution in [0.1, 0.15) is 39.8 Å². The second-order valence-corrected chi connectivity index (χ2v) is 8.68. The minimum absolute atomic E-state index is 0.0220. The Kier molecular flexibility index (Phi) is 16.1. The maximum atomic E-state index is 12.6. The van der Waals surface area contributed by atoms with E-state index >= 15 is 0 Å². The van der Waals surface area contributed by atoms with Gasteiger partial charge < -0.3 is 4.90 Å². The molecule has 0 saturated carbocycles. The van der Waals surface area contributed by atoms with Crippen molar-refractivity contribution in [1.29, 1.82) is 0 Å². The molecule has 0 aliphatic carbocycles. The number of aromatic nitrogens is 2. The first-order valence-electron chi connectivity index (χ1n) is 10.7. The first-order chi connectivity index (χ1) is 15.3. The number of aryl methyl sites for hydroxylation is 1. The van der Waals surface area contributed by atoms with Crippen molar-refractivity contribution in [3.8, 4) is 0 Å². The molecule has 176 valence electrons. The second kappa shape index (κ2) is 17.3. The smallest absolute Gasteiger partial charge is 0.271 e. The molecule has 5 nitrogen and oxygen atoms in total. The number of hydrogen-bond donors (Lipinski definition) is 0. The molecule has 1 aliphatic rings. The van der Waals surface area contributed by atoms with Crippen LogP contribution in [0.2, 0.25) is 0 Å². The van der Waals surface area contributed by atoms with E-state index in [1.165, 1.54) is 11.8 Å². The van der Waals surface area contributed by atoms with Crippen molar-refractivity contribution < 1.29 is 0 Å². The van der Waals surface area contributed by atoms with Gasteiger partial charge in [0.05, 0.1) is 10.6 Å². The van der Waals surface area contributed by atoms with E-state index in [1.54, 1.807) is 34.9 Å². The number of rotatable bonds is 6. The third kappa shape index (κ3) is 10.4. The van der Waals surface area contributed by atoms with Crippen molar-refractivity contribution in [2.75, 3.05) is 20.4 Å². The fraction of sp³-hybridized carbons (Fsp3) is 0.400. The van der Waals surface area contributed by atoms with Crippen molar-refractivity contribution >= 4 is 35.9 Å². The molecule has 1 aromatic heterocycles. The SMILES string of the molecule is C=N/C=C\C(=C)N(C)C.CC.CCc1ncn(C2=C/C/C=C\SC(C)/C=C\2)c(=O)c1SC. The fourth-order valence-corrected chi connectivity index (χ4v) is 3.70. The Morgan fingerprint density at radius 2 is 2.12 bits per heavy atom. The monoisotopic (exact) mass is 474 g/mol. The molecule has 0 amide bonds. The minimum atomic E-state index is 0.0220. The molecule has 1 aromatic rings. The summed E-state index contributed by atoms with van der Waals surface area (Å²) in [4.78, 5) is 23.3. The van der Waals surface area contributed by atoms with Gasteiger partial charge in [-0.15, -0.1) is 23.5 Å². The van der Waals surface area contributed by atoms with Crippen LogP contribution >= 0.6 is 23.5 Å². The summed E-state index contributed by atoms with van der Waals surface area (Å²) in [5, 5.41) is 2.50. The zero-order valence-electron chi connectivity index (χ0n) is 20.5. The fourth-order valence-electron chi connectivity index (χ4n) is 2.35. The van der Waals surface area contributed by atoms with E-state index in [9.17, 15) is 4.79 Å². The zero-order chi connectivity index (χ0) is 24.5. The van der Waals surface area contributed by atoms with Crippen molar-refractivity contribution in [3.05, 3.63) is 76.6 Å². The van der Waals surface area contributed by atoms with Gasteiger partial charge in [-0.2, -0.15) is 0 Å². The summed E-state index contributed by atoms with van der Waals surface area (Å²) in [5.41, 5.74) is 2.71. The quantitative estimate of drug-likeness (QED) is 0.276. The van der Waals surface area contributed by atoms with Gasteiger partial charge in [0.15, 0.2) is 0 Å². The predicted octanol–water partition coefficient (Wildman–Crippen LogP) is 6.27. The standard InChI is InChI=1S/C16H20N2OS2.C7H12N2.C2H6/c1-4-14-15(20-3)16(19)18(11-17-14)13-7-5-6-10-21-12(2)8-9-13;1-7(9(3)4)5-6-8-2;1-2/h6-12H,4-5H2,1-3H3;5-6H,1-2H2,3-4H3;1-2H3/b9-8-,10-6-,13-7+;6-5-;. The lowest BCUT2D eigenvalue weighted by atomic mass is 10.2. The average molecular weight is 475 g/mol. The molecular formula is C25H38N4OS2. The van der Waals surface area contributed by atoms with Crippen molar-refractivity contribution in [2.45, 2.75) is 50.7 Å².